The number of hydrogen-bond donors (Lipinski definition) is 2. The Morgan fingerprint density at radius 2 is 2.16 bits per heavy atom. The van der Waals surface area contributed by atoms with Gasteiger partial charge >= 0.3 is 11.7 Å². The molecule has 0 aromatic carbocycles. The molecule has 0 radical (unpaired) electrons. The standard InChI is InChI=1S/C23H29F3N6O5/c1-14(29-17-11-28-30-22(34)20(17)35-2)13-36-7-4-19(33)31-5-6-32-16(12-31)3-8-37-18-9-15(23(24,25)26)10-27-21(18)32/h9-11,14,16H,3-8,12-13H2,1-2H3,(H2,29,30,34). The van der Waals surface area contributed by atoms with Crippen molar-refractivity contribution in [3.63, 3.8) is 0 Å². The van der Waals surface area contributed by atoms with Crippen molar-refractivity contribution in [2.24, 2.45) is 0 Å². The lowest BCUT2D eigenvalue weighted by Gasteiger charge is -2.41. The van der Waals surface area contributed by atoms with Gasteiger partial charge in [0.25, 0.3) is 0 Å². The lowest BCUT2D eigenvalue weighted by Crippen LogP contribution is -2.55. The molecule has 1 amide bonds. The van der Waals surface area contributed by atoms with Crippen LogP contribution in [0.2, 0.25) is 0 Å². The van der Waals surface area contributed by atoms with Gasteiger partial charge in [0, 0.05) is 38.3 Å². The van der Waals surface area contributed by atoms with Gasteiger partial charge in [-0.05, 0) is 13.0 Å². The number of carbonyl (C=O) groups is 1. The molecule has 2 aromatic heterocycles. The van der Waals surface area contributed by atoms with Gasteiger partial charge in [-0.15, -0.1) is 0 Å². The third-order valence-electron chi connectivity index (χ3n) is 6.22. The predicted molar refractivity (Wildman–Crippen MR) is 127 cm³/mol. The Morgan fingerprint density at radius 1 is 1.35 bits per heavy atom. The molecule has 2 aromatic rings. The van der Waals surface area contributed by atoms with E-state index >= 15 is 0 Å². The summed E-state index contributed by atoms with van der Waals surface area (Å²) in [6, 6.07) is 0.705. The van der Waals surface area contributed by atoms with Crippen molar-refractivity contribution in [2.45, 2.75) is 38.0 Å². The molecule has 202 valence electrons. The molecule has 4 heterocycles. The van der Waals surface area contributed by atoms with Crippen LogP contribution in [0.25, 0.3) is 0 Å². The number of fused-ring (bicyclic) bond motifs is 3. The van der Waals surface area contributed by atoms with Crippen molar-refractivity contribution in [1.29, 1.82) is 0 Å². The van der Waals surface area contributed by atoms with Gasteiger partial charge in [0.05, 0.1) is 51.2 Å². The summed E-state index contributed by atoms with van der Waals surface area (Å²) < 4.78 is 55.5. The van der Waals surface area contributed by atoms with Gasteiger partial charge in [0.15, 0.2) is 11.6 Å². The van der Waals surface area contributed by atoms with Gasteiger partial charge in [-0.3, -0.25) is 9.59 Å². The minimum absolute atomic E-state index is 0.0634. The van der Waals surface area contributed by atoms with Crippen LogP contribution in [0, 0.1) is 0 Å². The fourth-order valence-electron chi connectivity index (χ4n) is 4.40. The van der Waals surface area contributed by atoms with E-state index in [1.807, 2.05) is 11.8 Å². The number of halogens is 3. The highest BCUT2D eigenvalue weighted by Crippen LogP contribution is 2.38. The van der Waals surface area contributed by atoms with Crippen molar-refractivity contribution >= 4 is 17.4 Å². The topological polar surface area (TPSA) is 122 Å². The van der Waals surface area contributed by atoms with Crippen molar-refractivity contribution < 1.29 is 32.2 Å². The minimum Gasteiger partial charge on any atom is -0.490 e. The average molecular weight is 527 g/mol. The molecule has 2 aliphatic heterocycles. The van der Waals surface area contributed by atoms with E-state index in [0.29, 0.717) is 44.2 Å². The maximum atomic E-state index is 13.1. The lowest BCUT2D eigenvalue weighted by atomic mass is 10.1. The summed E-state index contributed by atoms with van der Waals surface area (Å²) in [5.41, 5.74) is -0.859. The Bertz CT molecular complexity index is 1160. The predicted octanol–water partition coefficient (Wildman–Crippen LogP) is 1.90. The number of H-pyrrole nitrogens is 1. The lowest BCUT2D eigenvalue weighted by molar-refractivity contribution is -0.138. The second-order valence-corrected chi connectivity index (χ2v) is 8.88. The molecule has 1 saturated heterocycles. The van der Waals surface area contributed by atoms with Crippen LogP contribution in [0.1, 0.15) is 25.3 Å². The van der Waals surface area contributed by atoms with Gasteiger partial charge in [-0.25, -0.2) is 10.1 Å². The summed E-state index contributed by atoms with van der Waals surface area (Å²) in [6.07, 6.45) is -1.49. The van der Waals surface area contributed by atoms with Crippen molar-refractivity contribution in [1.82, 2.24) is 20.1 Å². The Labute approximate surface area is 210 Å². The van der Waals surface area contributed by atoms with Gasteiger partial charge in [-0.2, -0.15) is 18.3 Å². The molecule has 2 N–H and O–H groups in total. The van der Waals surface area contributed by atoms with Gasteiger partial charge < -0.3 is 29.3 Å². The number of aromatic amines is 1. The minimum atomic E-state index is -4.50. The molecule has 0 spiro atoms. The molecule has 37 heavy (non-hydrogen) atoms. The van der Waals surface area contributed by atoms with Crippen LogP contribution in [-0.2, 0) is 15.7 Å². The molecule has 11 nitrogen and oxygen atoms in total. The number of rotatable bonds is 8. The first-order valence-electron chi connectivity index (χ1n) is 11.9. The molecule has 2 aliphatic rings. The molecule has 14 heteroatoms. The van der Waals surface area contributed by atoms with Gasteiger partial charge in [0.2, 0.25) is 11.7 Å². The summed E-state index contributed by atoms with van der Waals surface area (Å²) in [4.78, 5) is 32.2. The second-order valence-electron chi connectivity index (χ2n) is 8.88. The Hall–Kier alpha value is -3.55. The van der Waals surface area contributed by atoms with Gasteiger partial charge in [0.1, 0.15) is 5.69 Å². The number of hydrogen-bond acceptors (Lipinski definition) is 9. The average Bonchev–Trinajstić information content (AvgIpc) is 3.04. The summed E-state index contributed by atoms with van der Waals surface area (Å²) >= 11 is 0. The van der Waals surface area contributed by atoms with Crippen LogP contribution >= 0.6 is 0 Å². The van der Waals surface area contributed by atoms with Crippen molar-refractivity contribution in [3.05, 3.63) is 34.4 Å². The molecule has 2 unspecified atom stereocenters. The number of aromatic nitrogens is 3. The van der Waals surface area contributed by atoms with E-state index in [0.717, 1.165) is 12.3 Å². The molecule has 0 bridgehead atoms. The number of carbonyl (C=O) groups excluding carboxylic acids is 1. The third kappa shape index (κ3) is 6.24. The monoisotopic (exact) mass is 526 g/mol. The SMILES string of the molecule is COc1c(NC(C)COCCC(=O)N2CCN3c4ncc(C(F)(F)F)cc4OCCC3C2)cn[nH]c1=O. The van der Waals surface area contributed by atoms with Gasteiger partial charge in [-0.1, -0.05) is 0 Å². The Kier molecular flexibility index (Phi) is 8.05. The molecule has 0 saturated carbocycles. The zero-order valence-corrected chi connectivity index (χ0v) is 20.5. The molecule has 0 aliphatic carbocycles. The highest BCUT2D eigenvalue weighted by atomic mass is 19.4. The van der Waals surface area contributed by atoms with Crippen LogP contribution < -0.4 is 25.2 Å². The highest BCUT2D eigenvalue weighted by molar-refractivity contribution is 5.76. The number of amides is 1. The molecule has 4 rings (SSSR count). The third-order valence-corrected chi connectivity index (χ3v) is 6.22. The van der Waals surface area contributed by atoms with Crippen LogP contribution in [0.3, 0.4) is 0 Å². The fraction of sp³-hybridized carbons (Fsp3) is 0.565. The number of ether oxygens (including phenoxy) is 3. The van der Waals surface area contributed by atoms with Crippen molar-refractivity contribution in [3.8, 4) is 11.5 Å². The summed E-state index contributed by atoms with van der Waals surface area (Å²) in [7, 11) is 1.39. The Balaban J connectivity index is 1.25. The quantitative estimate of drug-likeness (QED) is 0.497. The molecular formula is C23H29F3N6O5. The van der Waals surface area contributed by atoms with E-state index in [-0.39, 0.29) is 49.1 Å². The number of nitrogens with one attached hydrogen (secondary N) is 2. The van der Waals surface area contributed by atoms with Crippen LogP contribution in [-0.4, -0.2) is 84.6 Å². The van der Waals surface area contributed by atoms with E-state index in [1.165, 1.54) is 13.3 Å². The number of pyridine rings is 1. The van der Waals surface area contributed by atoms with E-state index in [1.54, 1.807) is 4.90 Å². The van der Waals surface area contributed by atoms with Crippen LogP contribution in [0.4, 0.5) is 24.7 Å². The molecule has 1 fully saturated rings. The number of piperazine rings is 1. The maximum Gasteiger partial charge on any atom is 0.418 e. The zero-order chi connectivity index (χ0) is 26.6. The summed E-state index contributed by atoms with van der Waals surface area (Å²) in [6.45, 7) is 3.90. The summed E-state index contributed by atoms with van der Waals surface area (Å²) in [5.74, 6) is 0.548. The van der Waals surface area contributed by atoms with E-state index in [9.17, 15) is 22.8 Å². The smallest absolute Gasteiger partial charge is 0.418 e. The number of alkyl halides is 3. The number of methoxy groups -OCH3 is 1. The van der Waals surface area contributed by atoms with E-state index in [2.05, 4.69) is 20.5 Å². The molecule has 2 atom stereocenters. The van der Waals surface area contributed by atoms with Crippen LogP contribution in [0.15, 0.2) is 23.3 Å². The number of anilines is 2. The highest BCUT2D eigenvalue weighted by Gasteiger charge is 2.36. The normalized spacial score (nSPS) is 18.2. The second kappa shape index (κ2) is 11.2. The van der Waals surface area contributed by atoms with Crippen LogP contribution in [0.5, 0.6) is 11.5 Å². The van der Waals surface area contributed by atoms with E-state index < -0.39 is 17.3 Å². The summed E-state index contributed by atoms with van der Waals surface area (Å²) in [5, 5.41) is 9.14. The first-order valence-corrected chi connectivity index (χ1v) is 11.9. The van der Waals surface area contributed by atoms with Crippen molar-refractivity contribution in [2.75, 3.05) is 56.8 Å². The fourth-order valence-corrected chi connectivity index (χ4v) is 4.40. The molecular weight excluding hydrogens is 497 g/mol. The number of nitrogens with zero attached hydrogens (tertiary/aromatic N) is 4. The largest absolute Gasteiger partial charge is 0.490 e. The van der Waals surface area contributed by atoms with E-state index in [4.69, 9.17) is 14.2 Å². The zero-order valence-electron chi connectivity index (χ0n) is 20.5. The Morgan fingerprint density at radius 3 is 2.92 bits per heavy atom. The first-order chi connectivity index (χ1) is 17.7. The first kappa shape index (κ1) is 26.5. The maximum absolute atomic E-state index is 13.1.